The molecule has 3 heterocycles. The SMILES string of the molecule is Cc1nn(Cc2ccccc2)c2sc(C(=O)NCc3cccnc3OCC(F)(F)F)cc12. The molecule has 0 aliphatic rings. The average Bonchev–Trinajstić information content (AvgIpc) is 3.33. The molecule has 1 amide bonds. The third-order valence-corrected chi connectivity index (χ3v) is 5.82. The van der Waals surface area contributed by atoms with Gasteiger partial charge in [-0.25, -0.2) is 4.98 Å². The van der Waals surface area contributed by atoms with Crippen LogP contribution in [0, 0.1) is 6.92 Å². The zero-order chi connectivity index (χ0) is 22.7. The fourth-order valence-corrected chi connectivity index (χ4v) is 4.27. The quantitative estimate of drug-likeness (QED) is 0.433. The number of aromatic nitrogens is 3. The Morgan fingerprint density at radius 3 is 2.72 bits per heavy atom. The van der Waals surface area contributed by atoms with Gasteiger partial charge in [-0.2, -0.15) is 18.3 Å². The fourth-order valence-electron chi connectivity index (χ4n) is 3.19. The van der Waals surface area contributed by atoms with Crippen LogP contribution in [0.4, 0.5) is 13.2 Å². The number of pyridine rings is 1. The number of nitrogens with zero attached hydrogens (tertiary/aromatic N) is 3. The maximum atomic E-state index is 12.7. The summed E-state index contributed by atoms with van der Waals surface area (Å²) in [6, 6.07) is 14.8. The van der Waals surface area contributed by atoms with Gasteiger partial charge in [0.2, 0.25) is 5.88 Å². The number of hydrogen-bond donors (Lipinski definition) is 1. The topological polar surface area (TPSA) is 69.0 Å². The highest BCUT2D eigenvalue weighted by Crippen LogP contribution is 2.29. The lowest BCUT2D eigenvalue weighted by atomic mass is 10.2. The Hall–Kier alpha value is -3.40. The lowest BCUT2D eigenvalue weighted by Crippen LogP contribution is -2.24. The molecule has 10 heteroatoms. The number of benzene rings is 1. The molecular formula is C22H19F3N4O2S. The smallest absolute Gasteiger partial charge is 0.422 e. The number of amides is 1. The molecular weight excluding hydrogens is 441 g/mol. The van der Waals surface area contributed by atoms with Crippen molar-refractivity contribution in [3.05, 3.63) is 76.4 Å². The number of rotatable bonds is 7. The minimum absolute atomic E-state index is 0.0107. The second kappa shape index (κ2) is 8.99. The van der Waals surface area contributed by atoms with Gasteiger partial charge in [0.25, 0.3) is 5.91 Å². The number of hydrogen-bond acceptors (Lipinski definition) is 5. The van der Waals surface area contributed by atoms with Gasteiger partial charge in [-0.05, 0) is 24.6 Å². The van der Waals surface area contributed by atoms with Crippen LogP contribution in [0.3, 0.4) is 0 Å². The van der Waals surface area contributed by atoms with Gasteiger partial charge in [0.15, 0.2) is 6.61 Å². The van der Waals surface area contributed by atoms with E-state index in [-0.39, 0.29) is 18.3 Å². The summed E-state index contributed by atoms with van der Waals surface area (Å²) >= 11 is 1.32. The molecule has 4 aromatic rings. The normalized spacial score (nSPS) is 11.6. The Kier molecular flexibility index (Phi) is 6.13. The number of nitrogens with one attached hydrogen (secondary N) is 1. The predicted molar refractivity (Wildman–Crippen MR) is 115 cm³/mol. The van der Waals surface area contributed by atoms with Crippen LogP contribution >= 0.6 is 11.3 Å². The van der Waals surface area contributed by atoms with Crippen LogP contribution in [0.1, 0.15) is 26.5 Å². The van der Waals surface area contributed by atoms with Crippen LogP contribution in [0.25, 0.3) is 10.2 Å². The zero-order valence-electron chi connectivity index (χ0n) is 17.0. The first-order valence-electron chi connectivity index (χ1n) is 9.72. The third kappa shape index (κ3) is 5.08. The van der Waals surface area contributed by atoms with Gasteiger partial charge in [-0.3, -0.25) is 9.48 Å². The molecule has 0 saturated heterocycles. The second-order valence-corrected chi connectivity index (χ2v) is 8.14. The highest BCUT2D eigenvalue weighted by molar-refractivity contribution is 7.20. The number of halogens is 3. The van der Waals surface area contributed by atoms with E-state index in [0.717, 1.165) is 21.5 Å². The minimum Gasteiger partial charge on any atom is -0.468 e. The molecule has 0 atom stereocenters. The Bertz CT molecular complexity index is 1240. The highest BCUT2D eigenvalue weighted by atomic mass is 32.1. The molecule has 1 N–H and O–H groups in total. The highest BCUT2D eigenvalue weighted by Gasteiger charge is 2.29. The van der Waals surface area contributed by atoms with Crippen LogP contribution < -0.4 is 10.1 Å². The van der Waals surface area contributed by atoms with E-state index >= 15 is 0 Å². The number of ether oxygens (including phenoxy) is 1. The van der Waals surface area contributed by atoms with Gasteiger partial charge in [0.1, 0.15) is 4.83 Å². The lowest BCUT2D eigenvalue weighted by Gasteiger charge is -2.12. The van der Waals surface area contributed by atoms with E-state index in [1.165, 1.54) is 17.5 Å². The summed E-state index contributed by atoms with van der Waals surface area (Å²) < 4.78 is 44.0. The summed E-state index contributed by atoms with van der Waals surface area (Å²) in [5, 5.41) is 8.20. The zero-order valence-corrected chi connectivity index (χ0v) is 17.8. The molecule has 0 radical (unpaired) electrons. The van der Waals surface area contributed by atoms with E-state index in [0.29, 0.717) is 17.0 Å². The maximum absolute atomic E-state index is 12.7. The maximum Gasteiger partial charge on any atom is 0.422 e. The Balaban J connectivity index is 1.48. The molecule has 0 bridgehead atoms. The summed E-state index contributed by atoms with van der Waals surface area (Å²) in [7, 11) is 0. The first kappa shape index (κ1) is 21.8. The number of thiophene rings is 1. The van der Waals surface area contributed by atoms with Crippen LogP contribution in [-0.2, 0) is 13.1 Å². The predicted octanol–water partition coefficient (Wildman–Crippen LogP) is 4.72. The number of carbonyl (C=O) groups excluding carboxylic acids is 1. The Morgan fingerprint density at radius 2 is 1.97 bits per heavy atom. The van der Waals surface area contributed by atoms with Gasteiger partial charge in [0.05, 0.1) is 17.1 Å². The summed E-state index contributed by atoms with van der Waals surface area (Å²) in [6.07, 6.45) is -3.13. The molecule has 4 rings (SSSR count). The molecule has 0 unspecified atom stereocenters. The summed E-state index contributed by atoms with van der Waals surface area (Å²) in [5.74, 6) is -0.488. The van der Waals surface area contributed by atoms with Gasteiger partial charge in [-0.15, -0.1) is 11.3 Å². The van der Waals surface area contributed by atoms with Gasteiger partial charge in [-0.1, -0.05) is 36.4 Å². The summed E-state index contributed by atoms with van der Waals surface area (Å²) in [6.45, 7) is 1.02. The van der Waals surface area contributed by atoms with Crippen molar-refractivity contribution < 1.29 is 22.7 Å². The lowest BCUT2D eigenvalue weighted by molar-refractivity contribution is -0.154. The Labute approximate surface area is 185 Å². The summed E-state index contributed by atoms with van der Waals surface area (Å²) in [4.78, 5) is 17.9. The van der Waals surface area contributed by atoms with E-state index in [2.05, 4.69) is 15.4 Å². The van der Waals surface area contributed by atoms with Crippen molar-refractivity contribution in [1.82, 2.24) is 20.1 Å². The van der Waals surface area contributed by atoms with Crippen molar-refractivity contribution in [2.24, 2.45) is 0 Å². The molecule has 0 aliphatic heterocycles. The average molecular weight is 460 g/mol. The van der Waals surface area contributed by atoms with Crippen LogP contribution in [0.15, 0.2) is 54.7 Å². The molecule has 0 spiro atoms. The number of alkyl halides is 3. The van der Waals surface area contributed by atoms with E-state index in [1.54, 1.807) is 18.2 Å². The van der Waals surface area contributed by atoms with Crippen molar-refractivity contribution in [3.63, 3.8) is 0 Å². The van der Waals surface area contributed by atoms with Gasteiger partial charge >= 0.3 is 6.18 Å². The molecule has 0 saturated carbocycles. The van der Waals surface area contributed by atoms with Crippen molar-refractivity contribution in [3.8, 4) is 5.88 Å². The first-order valence-corrected chi connectivity index (χ1v) is 10.5. The number of aryl methyl sites for hydroxylation is 1. The van der Waals surface area contributed by atoms with Gasteiger partial charge < -0.3 is 10.1 Å². The molecule has 0 fully saturated rings. The third-order valence-electron chi connectivity index (χ3n) is 4.67. The molecule has 3 aromatic heterocycles. The monoisotopic (exact) mass is 460 g/mol. The van der Waals surface area contributed by atoms with E-state index in [4.69, 9.17) is 4.74 Å². The van der Waals surface area contributed by atoms with E-state index in [9.17, 15) is 18.0 Å². The van der Waals surface area contributed by atoms with Crippen LogP contribution in [-0.4, -0.2) is 33.5 Å². The van der Waals surface area contributed by atoms with Gasteiger partial charge in [0, 0.05) is 23.7 Å². The van der Waals surface area contributed by atoms with Crippen molar-refractivity contribution >= 4 is 27.5 Å². The second-order valence-electron chi connectivity index (χ2n) is 7.11. The largest absolute Gasteiger partial charge is 0.468 e. The fraction of sp³-hybridized carbons (Fsp3) is 0.227. The first-order chi connectivity index (χ1) is 15.3. The van der Waals surface area contributed by atoms with Crippen LogP contribution in [0.2, 0.25) is 0 Å². The summed E-state index contributed by atoms with van der Waals surface area (Å²) in [5.41, 5.74) is 2.28. The van der Waals surface area contributed by atoms with Crippen molar-refractivity contribution in [1.29, 1.82) is 0 Å². The van der Waals surface area contributed by atoms with E-state index in [1.807, 2.05) is 41.9 Å². The van der Waals surface area contributed by atoms with Crippen molar-refractivity contribution in [2.75, 3.05) is 6.61 Å². The standard InChI is InChI=1S/C22H19F3N4O2S/c1-14-17-10-18(32-21(17)29(28-14)12-15-6-3-2-4-7-15)19(30)27-11-16-8-5-9-26-20(16)31-13-22(23,24)25/h2-10H,11-13H2,1H3,(H,27,30). The molecule has 32 heavy (non-hydrogen) atoms. The number of carbonyl (C=O) groups is 1. The molecule has 6 nitrogen and oxygen atoms in total. The molecule has 0 aliphatic carbocycles. The Morgan fingerprint density at radius 1 is 1.19 bits per heavy atom. The minimum atomic E-state index is -4.47. The number of fused-ring (bicyclic) bond motifs is 1. The van der Waals surface area contributed by atoms with Crippen molar-refractivity contribution in [2.45, 2.75) is 26.2 Å². The molecule has 1 aromatic carbocycles. The molecule has 166 valence electrons. The van der Waals surface area contributed by atoms with E-state index < -0.39 is 12.8 Å². The van der Waals surface area contributed by atoms with Crippen LogP contribution in [0.5, 0.6) is 5.88 Å².